The first kappa shape index (κ1) is 91.5. The topological polar surface area (TPSA) is 548 Å². The Morgan fingerprint density at radius 2 is 1.31 bits per heavy atom. The lowest BCUT2D eigenvalue weighted by molar-refractivity contribution is -0.330. The number of primary amides is 1. The number of fused-ring (bicyclic) bond motifs is 15. The first-order valence-corrected chi connectivity index (χ1v) is 40.7. The van der Waals surface area contributed by atoms with Gasteiger partial charge in [-0.05, 0) is 139 Å². The second-order valence-electron chi connectivity index (χ2n) is 31.0. The summed E-state index contributed by atoms with van der Waals surface area (Å²) in [6, 6.07) is 10.2. The molecule has 123 heavy (non-hydrogen) atoms. The van der Waals surface area contributed by atoms with Crippen LogP contribution in [-0.4, -0.2) is 198 Å². The number of aliphatic carboxylic acids is 1. The molecule has 7 aromatic carbocycles. The number of amides is 7. The summed E-state index contributed by atoms with van der Waals surface area (Å²) in [6.45, 7) is 5.97. The zero-order valence-corrected chi connectivity index (χ0v) is 68.7. The number of aromatic hydroxyl groups is 3. The molecule has 2 saturated heterocycles. The first-order chi connectivity index (χ1) is 58.2. The van der Waals surface area contributed by atoms with Crippen LogP contribution in [0, 0.1) is 5.92 Å². The van der Waals surface area contributed by atoms with Crippen LogP contribution in [0.5, 0.6) is 46.0 Å². The van der Waals surface area contributed by atoms with Crippen LogP contribution in [0.3, 0.4) is 0 Å². The molecule has 0 radical (unpaired) electrons. The minimum atomic E-state index is -4.50. The van der Waals surface area contributed by atoms with Crippen molar-refractivity contribution < 1.29 is 126 Å². The van der Waals surface area contributed by atoms with Crippen molar-refractivity contribution in [2.24, 2.45) is 23.1 Å². The predicted octanol–water partition coefficient (Wildman–Crippen LogP) is 4.78. The molecule has 11 bridgehead atoms. The predicted molar refractivity (Wildman–Crippen MR) is 436 cm³/mol. The Kier molecular flexibility index (Phi) is 28.4. The fraction of sp³-hybridized carbons (Fsp3) is 0.398. The number of likely N-dealkylation sites (N-methyl/N-ethyl adjacent to an activating group) is 1. The van der Waals surface area contributed by atoms with Crippen LogP contribution in [0.1, 0.15) is 122 Å². The molecule has 7 aliphatic heterocycles. The van der Waals surface area contributed by atoms with E-state index in [9.17, 15) is 73.5 Å². The molecule has 7 heterocycles. The van der Waals surface area contributed by atoms with Gasteiger partial charge in [-0.1, -0.05) is 91.6 Å². The number of benzene rings is 7. The Morgan fingerprint density at radius 3 is 1.89 bits per heavy atom. The van der Waals surface area contributed by atoms with Gasteiger partial charge in [-0.3, -0.25) is 33.6 Å². The number of thioether (sulfide) groups is 1. The number of carboxylic acids is 1. The number of aliphatic hydroxyl groups excluding tert-OH is 5. The number of halogens is 5. The van der Waals surface area contributed by atoms with Crippen molar-refractivity contribution in [2.75, 3.05) is 25.9 Å². The Hall–Kier alpha value is -10.7. The lowest BCUT2D eigenvalue weighted by Gasteiger charge is -2.47. The molecule has 34 nitrogen and oxygen atoms in total. The van der Waals surface area contributed by atoms with Gasteiger partial charge in [0.1, 0.15) is 89.5 Å². The van der Waals surface area contributed by atoms with Crippen LogP contribution in [0.25, 0.3) is 22.3 Å². The Bertz CT molecular complexity index is 5160. The summed E-state index contributed by atoms with van der Waals surface area (Å²) in [6.07, 6.45) is -22.8. The second-order valence-corrected chi connectivity index (χ2v) is 32.9. The molecular formula is C83H92Cl2F3N11O23S. The van der Waals surface area contributed by atoms with Crippen molar-refractivity contribution in [3.05, 3.63) is 176 Å². The number of hydrogen-bond donors (Lipinski definition) is 20. The molecule has 7 aliphatic rings. The van der Waals surface area contributed by atoms with Crippen LogP contribution >= 0.6 is 35.0 Å². The van der Waals surface area contributed by atoms with Gasteiger partial charge in [0.15, 0.2) is 29.9 Å². The summed E-state index contributed by atoms with van der Waals surface area (Å²) >= 11 is 15.7. The third-order valence-corrected chi connectivity index (χ3v) is 23.2. The maximum Gasteiger partial charge on any atom is 0.416 e. The number of carbonyl (C=O) groups is 8. The van der Waals surface area contributed by atoms with E-state index >= 15 is 24.0 Å². The standard InChI is InChI=1S/C83H92Cl2F3N11O23S/c1-34(2)22-49(92-5)74(109)98-64-66(103)40-13-18-53(47(84)24-40)118-55-26-42-27-56(71(55)122-81-72(70(107)69(106)57(31-89)120-81)121-59-30-82(4,91)73(108)35(3)117-59)119-54-19-14-41(25-48(54)85)67(104)65-79(114)97-63(80(115)116)45-28-52(101)46(32-93-20-21-123-33-36-6-8-37(9-7-36)38-10-15-43(16-11-38)83(86,87)88)68(105)60(45)44-23-39(12-17-51(44)100)61(76(111)99-65)96-77(112)62(42)95-75(110)50(29-58(90)102)94-78(64)113/h6-19,23-28,34-35,49-50,57,59,61-67,69-70,72-73,81,92-93,100-101,103-108H,20-22,29-33,89,91H2,1-5H3,(H2,90,102)(H,94,113)(H,95,110)(H,96,112)(H,97,114)(H,98,109)(H,99,111)(H,115,116)/t35-,49+,50-,57+,59-,61+,62+,63-,64+,65-,66+,67+,69+,70-,72+,73+,81-,82-/m0/s1. The SMILES string of the molecule is CN[C@H](CC(C)C)C(=O)N[C@H]1C(=O)N[C@@H](CC(N)=O)C(=O)N[C@H]2C(=O)N[C@H]3C(=O)N[C@H](C(=O)N[C@H](C(=O)O)c4cc(O)c(CNCCSCc5ccc(-c6ccc(C(F)(F)F)cc6)cc5)c(O)c4-c4cc3ccc4O)[C@H](O)c3ccc(c(Cl)c3)Oc3cc2cc(c3O[C@@H]2O[C@H](CN)[C@@H](O)[C@H](O)[C@H]2O[C@H]2C[C@](C)(N)[C@H](O)[C@H](C)O2)Oc2ccc(cc2Cl)[C@H]1O. The molecule has 23 N–H and O–H groups in total. The number of phenols is 3. The number of phenolic OH excluding ortho intramolecular Hbond substituents is 3. The van der Waals surface area contributed by atoms with Crippen molar-refractivity contribution in [3.63, 3.8) is 0 Å². The second kappa shape index (κ2) is 38.2. The van der Waals surface area contributed by atoms with Crippen molar-refractivity contribution in [3.8, 4) is 68.2 Å². The fourth-order valence-corrected chi connectivity index (χ4v) is 16.3. The maximum atomic E-state index is 16.4. The van der Waals surface area contributed by atoms with Gasteiger partial charge in [0.05, 0.1) is 45.8 Å². The lowest BCUT2D eigenvalue weighted by Crippen LogP contribution is -2.65. The number of aliphatic hydroxyl groups is 5. The summed E-state index contributed by atoms with van der Waals surface area (Å²) < 4.78 is 78.6. The molecule has 40 heteroatoms. The number of alkyl halides is 3. The van der Waals surface area contributed by atoms with Gasteiger partial charge in [0.25, 0.3) is 0 Å². The average Bonchev–Trinajstić information content (AvgIpc) is 0.756. The van der Waals surface area contributed by atoms with Crippen molar-refractivity contribution in [1.82, 2.24) is 42.5 Å². The molecule has 7 amide bonds. The van der Waals surface area contributed by atoms with Gasteiger partial charge in [-0.25, -0.2) is 4.79 Å². The largest absolute Gasteiger partial charge is 0.507 e. The van der Waals surface area contributed by atoms with Gasteiger partial charge < -0.3 is 134 Å². The van der Waals surface area contributed by atoms with Crippen LogP contribution in [-0.2, 0) is 71.0 Å². The third kappa shape index (κ3) is 20.6. The van der Waals surface area contributed by atoms with Gasteiger partial charge >= 0.3 is 12.1 Å². The molecule has 0 unspecified atom stereocenters. The van der Waals surface area contributed by atoms with Gasteiger partial charge in [-0.2, -0.15) is 24.9 Å². The quantitative estimate of drug-likeness (QED) is 0.0430. The van der Waals surface area contributed by atoms with E-state index in [1.807, 2.05) is 26.0 Å². The first-order valence-electron chi connectivity index (χ1n) is 38.8. The van der Waals surface area contributed by atoms with E-state index in [-0.39, 0.29) is 59.3 Å². The smallest absolute Gasteiger partial charge is 0.416 e. The molecule has 14 rings (SSSR count). The molecule has 0 aliphatic carbocycles. The van der Waals surface area contributed by atoms with E-state index in [2.05, 4.69) is 42.5 Å². The van der Waals surface area contributed by atoms with Crippen molar-refractivity contribution >= 4 is 82.3 Å². The van der Waals surface area contributed by atoms with Crippen molar-refractivity contribution in [1.29, 1.82) is 0 Å². The summed E-state index contributed by atoms with van der Waals surface area (Å²) in [5.74, 6) is -15.4. The number of ether oxygens (including phenoxy) is 6. The van der Waals surface area contributed by atoms with Crippen molar-refractivity contribution in [2.45, 2.75) is 175 Å². The molecule has 0 spiro atoms. The van der Waals surface area contributed by atoms with Gasteiger partial charge in [-0.15, -0.1) is 0 Å². The van der Waals surface area contributed by atoms with Crippen LogP contribution < -0.4 is 73.9 Å². The van der Waals surface area contributed by atoms with Gasteiger partial charge in [0, 0.05) is 59.8 Å². The monoisotopic (exact) mass is 1770 g/mol. The van der Waals surface area contributed by atoms with E-state index in [1.54, 1.807) is 12.1 Å². The Balaban J connectivity index is 1.00. The molecule has 2 fully saturated rings. The molecule has 0 aromatic heterocycles. The third-order valence-electron chi connectivity index (χ3n) is 21.6. The minimum Gasteiger partial charge on any atom is -0.507 e. The Morgan fingerprint density at radius 1 is 0.707 bits per heavy atom. The molecular weight excluding hydrogens is 1680 g/mol. The lowest BCUT2D eigenvalue weighted by atomic mass is 9.86. The zero-order chi connectivity index (χ0) is 89.1. The highest BCUT2D eigenvalue weighted by Gasteiger charge is 2.52. The number of nitrogens with one attached hydrogen (secondary N) is 8. The summed E-state index contributed by atoms with van der Waals surface area (Å²) in [5.41, 5.74) is 15.1. The van der Waals surface area contributed by atoms with Crippen LogP contribution in [0.15, 0.2) is 121 Å². The van der Waals surface area contributed by atoms with Crippen LogP contribution in [0.4, 0.5) is 13.2 Å². The summed E-state index contributed by atoms with van der Waals surface area (Å²) in [5, 5.41) is 127. The number of nitrogens with two attached hydrogens (primary N) is 3. The fourth-order valence-electron chi connectivity index (χ4n) is 15.0. The highest BCUT2D eigenvalue weighted by atomic mass is 35.5. The number of hydrogen-bond acceptors (Lipinski definition) is 27. The highest BCUT2D eigenvalue weighted by molar-refractivity contribution is 7.98. The van der Waals surface area contributed by atoms with E-state index in [0.29, 0.717) is 22.6 Å². The van der Waals surface area contributed by atoms with E-state index in [4.69, 9.17) is 68.8 Å². The van der Waals surface area contributed by atoms with E-state index < -0.39 is 254 Å². The van der Waals surface area contributed by atoms with E-state index in [0.717, 1.165) is 78.4 Å². The molecule has 18 atom stereocenters. The maximum absolute atomic E-state index is 16.4. The van der Waals surface area contributed by atoms with Crippen LogP contribution in [0.2, 0.25) is 10.0 Å². The average molecular weight is 1770 g/mol. The molecule has 0 saturated carbocycles. The minimum absolute atomic E-state index is 0.117. The Labute approximate surface area is 714 Å². The summed E-state index contributed by atoms with van der Waals surface area (Å²) in [7, 11) is 1.47. The normalized spacial score (nSPS) is 26.4. The number of rotatable bonds is 21. The zero-order valence-electron chi connectivity index (χ0n) is 66.4. The molecule has 7 aromatic rings. The number of carbonyl (C=O) groups excluding carboxylic acids is 7. The molecule has 658 valence electrons. The number of carboxylic acid groups (broad SMARTS) is 1. The summed E-state index contributed by atoms with van der Waals surface area (Å²) in [4.78, 5) is 119. The van der Waals surface area contributed by atoms with Gasteiger partial charge in [0.2, 0.25) is 53.4 Å². The van der Waals surface area contributed by atoms with E-state index in [1.165, 1.54) is 56.9 Å². The highest BCUT2D eigenvalue weighted by Crippen LogP contribution is 2.51.